The summed E-state index contributed by atoms with van der Waals surface area (Å²) in [5.74, 6) is -1.14. The minimum atomic E-state index is -4.59. The Morgan fingerprint density at radius 3 is 2.50 bits per heavy atom. The molecule has 0 spiro atoms. The lowest BCUT2D eigenvalue weighted by Crippen LogP contribution is -2.42. The maximum absolute atomic E-state index is 12.7. The number of halogens is 3. The molecule has 1 aromatic heterocycles. The number of carbonyl (C=O) groups excluding carboxylic acids is 2. The lowest BCUT2D eigenvalue weighted by Gasteiger charge is -2.25. The molecule has 24 heavy (non-hydrogen) atoms. The van der Waals surface area contributed by atoms with Crippen LogP contribution in [0, 0.1) is 0 Å². The summed E-state index contributed by atoms with van der Waals surface area (Å²) in [4.78, 5) is 24.4. The molecule has 0 bridgehead atoms. The number of nitrogens with zero attached hydrogens (tertiary/aromatic N) is 1. The van der Waals surface area contributed by atoms with E-state index in [-0.39, 0.29) is 24.7 Å². The van der Waals surface area contributed by atoms with Gasteiger partial charge in [0.05, 0.1) is 0 Å². The average molecular weight is 338 g/mol. The van der Waals surface area contributed by atoms with E-state index < -0.39 is 23.2 Å². The molecule has 1 aliphatic heterocycles. The first-order valence-electron chi connectivity index (χ1n) is 7.07. The Balaban J connectivity index is 1.88. The Bertz CT molecular complexity index is 773. The highest BCUT2D eigenvalue weighted by molar-refractivity contribution is 6.03. The van der Waals surface area contributed by atoms with Crippen LogP contribution in [-0.4, -0.2) is 28.6 Å². The topological polar surface area (TPSA) is 86.9 Å². The molecule has 6 nitrogen and oxygen atoms in total. The lowest BCUT2D eigenvalue weighted by atomic mass is 9.78. The van der Waals surface area contributed by atoms with E-state index in [0.29, 0.717) is 11.6 Å². The maximum atomic E-state index is 12.7. The zero-order valence-corrected chi connectivity index (χ0v) is 12.3. The number of rotatable bonds is 3. The van der Waals surface area contributed by atoms with E-state index in [1.165, 1.54) is 0 Å². The van der Waals surface area contributed by atoms with E-state index in [1.54, 1.807) is 30.3 Å². The van der Waals surface area contributed by atoms with Crippen molar-refractivity contribution in [2.75, 3.05) is 11.9 Å². The van der Waals surface area contributed by atoms with Crippen molar-refractivity contribution in [3.8, 4) is 0 Å². The molecule has 126 valence electrons. The summed E-state index contributed by atoms with van der Waals surface area (Å²) in [6.45, 7) is 0.0677. The summed E-state index contributed by atoms with van der Waals surface area (Å²) in [6, 6.07) is 9.33. The Morgan fingerprint density at radius 2 is 1.96 bits per heavy atom. The highest BCUT2D eigenvalue weighted by atomic mass is 19.4. The molecule has 3 N–H and O–H groups in total. The second-order valence-corrected chi connectivity index (χ2v) is 5.52. The van der Waals surface area contributed by atoms with Crippen molar-refractivity contribution < 1.29 is 22.8 Å². The fourth-order valence-electron chi connectivity index (χ4n) is 2.67. The number of hydrogen-bond acceptors (Lipinski definition) is 3. The van der Waals surface area contributed by atoms with Gasteiger partial charge in [-0.3, -0.25) is 14.7 Å². The summed E-state index contributed by atoms with van der Waals surface area (Å²) in [7, 11) is 0. The van der Waals surface area contributed by atoms with Crippen molar-refractivity contribution in [3.63, 3.8) is 0 Å². The maximum Gasteiger partial charge on any atom is 0.432 e. The molecule has 0 aliphatic carbocycles. The van der Waals surface area contributed by atoms with Gasteiger partial charge in [0.2, 0.25) is 11.8 Å². The molecule has 1 aliphatic rings. The zero-order valence-electron chi connectivity index (χ0n) is 12.3. The van der Waals surface area contributed by atoms with Crippen LogP contribution >= 0.6 is 0 Å². The Hall–Kier alpha value is -2.84. The third kappa shape index (κ3) is 2.84. The van der Waals surface area contributed by atoms with Crippen LogP contribution < -0.4 is 10.6 Å². The van der Waals surface area contributed by atoms with E-state index in [1.807, 2.05) is 5.10 Å². The molecule has 1 atom stereocenters. The third-order valence-corrected chi connectivity index (χ3v) is 3.94. The minimum Gasteiger partial charge on any atom is -0.355 e. The number of anilines is 1. The van der Waals surface area contributed by atoms with Crippen molar-refractivity contribution in [1.29, 1.82) is 0 Å². The first kappa shape index (κ1) is 16.0. The van der Waals surface area contributed by atoms with E-state index in [2.05, 4.69) is 15.7 Å². The van der Waals surface area contributed by atoms with Crippen molar-refractivity contribution in [2.24, 2.45) is 0 Å². The number of H-pyrrole nitrogens is 1. The van der Waals surface area contributed by atoms with E-state index >= 15 is 0 Å². The van der Waals surface area contributed by atoms with Gasteiger partial charge in [-0.25, -0.2) is 0 Å². The minimum absolute atomic E-state index is 0.0677. The monoisotopic (exact) mass is 338 g/mol. The van der Waals surface area contributed by atoms with Gasteiger partial charge in [-0.1, -0.05) is 30.3 Å². The molecule has 9 heteroatoms. The number of hydrogen-bond donors (Lipinski definition) is 3. The van der Waals surface area contributed by atoms with E-state index in [9.17, 15) is 22.8 Å². The molecule has 1 saturated heterocycles. The molecule has 1 fully saturated rings. The molecular formula is C15H13F3N4O2. The molecular weight excluding hydrogens is 325 g/mol. The molecule has 2 heterocycles. The van der Waals surface area contributed by atoms with Crippen LogP contribution in [0.1, 0.15) is 17.7 Å². The number of alkyl halides is 3. The number of amides is 2. The van der Waals surface area contributed by atoms with E-state index in [4.69, 9.17) is 0 Å². The SMILES string of the molecule is O=C1CC(C(=O)Nc2cc(C(F)(F)F)[nH]n2)(c2ccccc2)CN1. The largest absolute Gasteiger partial charge is 0.432 e. The molecule has 2 aromatic rings. The van der Waals surface area contributed by atoms with Gasteiger partial charge in [-0.05, 0) is 5.56 Å². The number of aromatic nitrogens is 2. The molecule has 3 rings (SSSR count). The van der Waals surface area contributed by atoms with Crippen LogP contribution in [0.4, 0.5) is 19.0 Å². The molecule has 2 amide bonds. The predicted octanol–water partition coefficient (Wildman–Crippen LogP) is 1.82. The van der Waals surface area contributed by atoms with Gasteiger partial charge in [0.1, 0.15) is 11.1 Å². The summed E-state index contributed by atoms with van der Waals surface area (Å²) in [6.07, 6.45) is -4.67. The number of carbonyl (C=O) groups is 2. The standard InChI is InChI=1S/C15H13F3N4O2/c16-15(17,18)10-6-11(22-21-10)20-13(24)14(7-12(23)19-8-14)9-4-2-1-3-5-9/h1-6H,7-8H2,(H,19,23)(H2,20,21,22,24). The second kappa shape index (κ2) is 5.66. The molecule has 1 unspecified atom stereocenters. The van der Waals surface area contributed by atoms with Crippen LogP contribution in [-0.2, 0) is 21.2 Å². The van der Waals surface area contributed by atoms with Gasteiger partial charge in [0, 0.05) is 19.0 Å². The van der Waals surface area contributed by atoms with Crippen LogP contribution in [0.15, 0.2) is 36.4 Å². The van der Waals surface area contributed by atoms with Crippen LogP contribution in [0.2, 0.25) is 0 Å². The molecule has 1 aromatic carbocycles. The van der Waals surface area contributed by atoms with Crippen LogP contribution in [0.5, 0.6) is 0 Å². The Kier molecular flexibility index (Phi) is 3.78. The zero-order chi connectivity index (χ0) is 17.4. The van der Waals surface area contributed by atoms with Gasteiger partial charge in [-0.15, -0.1) is 0 Å². The van der Waals surface area contributed by atoms with Crippen LogP contribution in [0.3, 0.4) is 0 Å². The third-order valence-electron chi connectivity index (χ3n) is 3.94. The summed E-state index contributed by atoms with van der Waals surface area (Å²) < 4.78 is 37.8. The van der Waals surface area contributed by atoms with Gasteiger partial charge < -0.3 is 10.6 Å². The number of benzene rings is 1. The number of nitrogens with one attached hydrogen (secondary N) is 3. The molecule has 0 radical (unpaired) electrons. The van der Waals surface area contributed by atoms with Crippen LogP contribution in [0.25, 0.3) is 0 Å². The summed E-state index contributed by atoms with van der Waals surface area (Å²) in [5, 5.41) is 10.2. The first-order valence-corrected chi connectivity index (χ1v) is 7.07. The van der Waals surface area contributed by atoms with Crippen molar-refractivity contribution in [1.82, 2.24) is 15.5 Å². The summed E-state index contributed by atoms with van der Waals surface area (Å²) in [5.41, 5.74) is -1.64. The molecule has 0 saturated carbocycles. The number of aromatic amines is 1. The van der Waals surface area contributed by atoms with Crippen molar-refractivity contribution >= 4 is 17.6 Å². The van der Waals surface area contributed by atoms with E-state index in [0.717, 1.165) is 0 Å². The van der Waals surface area contributed by atoms with Gasteiger partial charge in [-0.2, -0.15) is 18.3 Å². The lowest BCUT2D eigenvalue weighted by molar-refractivity contribution is -0.141. The highest BCUT2D eigenvalue weighted by Gasteiger charge is 2.47. The van der Waals surface area contributed by atoms with Gasteiger partial charge >= 0.3 is 6.18 Å². The quantitative estimate of drug-likeness (QED) is 0.798. The van der Waals surface area contributed by atoms with Crippen molar-refractivity contribution in [2.45, 2.75) is 18.0 Å². The average Bonchev–Trinajstić information content (AvgIpc) is 3.15. The van der Waals surface area contributed by atoms with Crippen molar-refractivity contribution in [3.05, 3.63) is 47.7 Å². The fourth-order valence-corrected chi connectivity index (χ4v) is 2.67. The Labute approximate surface area is 134 Å². The Morgan fingerprint density at radius 1 is 1.25 bits per heavy atom. The second-order valence-electron chi connectivity index (χ2n) is 5.52. The summed E-state index contributed by atoms with van der Waals surface area (Å²) >= 11 is 0. The fraction of sp³-hybridized carbons (Fsp3) is 0.267. The smallest absolute Gasteiger partial charge is 0.355 e. The predicted molar refractivity (Wildman–Crippen MR) is 78.0 cm³/mol. The first-order chi connectivity index (χ1) is 11.3. The van der Waals surface area contributed by atoms with Gasteiger partial charge in [0.25, 0.3) is 0 Å². The highest BCUT2D eigenvalue weighted by Crippen LogP contribution is 2.33. The van der Waals surface area contributed by atoms with Gasteiger partial charge in [0.15, 0.2) is 5.82 Å². The normalized spacial score (nSPS) is 20.7.